The van der Waals surface area contributed by atoms with Crippen molar-refractivity contribution >= 4 is 52.8 Å². The van der Waals surface area contributed by atoms with Gasteiger partial charge in [0.1, 0.15) is 5.57 Å². The molecule has 0 spiro atoms. The molecule has 1 saturated heterocycles. The van der Waals surface area contributed by atoms with Gasteiger partial charge < -0.3 is 9.47 Å². The van der Waals surface area contributed by atoms with Gasteiger partial charge in [-0.2, -0.15) is 0 Å². The van der Waals surface area contributed by atoms with Crippen LogP contribution < -0.4 is 19.7 Å². The van der Waals surface area contributed by atoms with Crippen molar-refractivity contribution in [1.82, 2.24) is 5.32 Å². The number of carbonyl (C=O) groups is 3. The van der Waals surface area contributed by atoms with Crippen LogP contribution in [-0.2, 0) is 9.59 Å². The molecule has 2 aliphatic rings. The van der Waals surface area contributed by atoms with Crippen molar-refractivity contribution in [3.8, 4) is 11.5 Å². The summed E-state index contributed by atoms with van der Waals surface area (Å²) >= 11 is 11.8. The van der Waals surface area contributed by atoms with E-state index in [1.54, 1.807) is 18.2 Å². The number of hydrogen-bond donors (Lipinski definition) is 1. The number of hydrogen-bond acceptors (Lipinski definition) is 5. The minimum absolute atomic E-state index is 0.0555. The maximum Gasteiger partial charge on any atom is 0.335 e. The van der Waals surface area contributed by atoms with Crippen LogP contribution in [0.15, 0.2) is 42.0 Å². The number of nitrogens with one attached hydrogen (secondary N) is 1. The first-order valence-corrected chi connectivity index (χ1v) is 8.46. The molecule has 0 bridgehead atoms. The third-order valence-electron chi connectivity index (χ3n) is 3.97. The number of imide groups is 2. The minimum atomic E-state index is -0.852. The van der Waals surface area contributed by atoms with Crippen LogP contribution in [0.5, 0.6) is 11.5 Å². The van der Waals surface area contributed by atoms with Crippen molar-refractivity contribution in [3.05, 3.63) is 57.6 Å². The monoisotopic (exact) mass is 404 g/mol. The van der Waals surface area contributed by atoms with E-state index in [0.29, 0.717) is 22.1 Å². The van der Waals surface area contributed by atoms with E-state index >= 15 is 0 Å². The topological polar surface area (TPSA) is 84.9 Å². The van der Waals surface area contributed by atoms with E-state index in [1.807, 2.05) is 0 Å². The summed E-state index contributed by atoms with van der Waals surface area (Å²) in [6.45, 7) is 0.0555. The van der Waals surface area contributed by atoms with E-state index in [4.69, 9.17) is 32.7 Å². The number of ether oxygens (including phenoxy) is 2. The highest BCUT2D eigenvalue weighted by molar-refractivity contribution is 6.42. The Hall–Kier alpha value is -3.03. The molecule has 9 heteroatoms. The maximum absolute atomic E-state index is 12.8. The smallest absolute Gasteiger partial charge is 0.335 e. The number of benzene rings is 2. The van der Waals surface area contributed by atoms with Gasteiger partial charge in [0.2, 0.25) is 6.79 Å². The van der Waals surface area contributed by atoms with Gasteiger partial charge in [-0.25, -0.2) is 9.69 Å². The molecule has 4 amide bonds. The van der Waals surface area contributed by atoms with Crippen molar-refractivity contribution < 1.29 is 23.9 Å². The molecule has 2 aromatic rings. The highest BCUT2D eigenvalue weighted by Crippen LogP contribution is 2.36. The molecule has 1 fully saturated rings. The molecule has 4 rings (SSSR count). The zero-order valence-corrected chi connectivity index (χ0v) is 15.0. The third-order valence-corrected chi connectivity index (χ3v) is 4.71. The Morgan fingerprint density at radius 1 is 0.963 bits per heavy atom. The molecule has 0 saturated carbocycles. The van der Waals surface area contributed by atoms with Gasteiger partial charge in [-0.1, -0.05) is 29.3 Å². The summed E-state index contributed by atoms with van der Waals surface area (Å²) < 4.78 is 10.5. The van der Waals surface area contributed by atoms with Crippen LogP contribution in [0.1, 0.15) is 5.56 Å². The minimum Gasteiger partial charge on any atom is -0.454 e. The van der Waals surface area contributed by atoms with E-state index in [-0.39, 0.29) is 23.1 Å². The molecule has 1 N–H and O–H groups in total. The second-order valence-corrected chi connectivity index (χ2v) is 6.48. The van der Waals surface area contributed by atoms with Gasteiger partial charge in [0.05, 0.1) is 15.7 Å². The van der Waals surface area contributed by atoms with E-state index in [9.17, 15) is 14.4 Å². The molecule has 2 aliphatic heterocycles. The normalized spacial score (nSPS) is 17.5. The summed E-state index contributed by atoms with van der Waals surface area (Å²) in [5.41, 5.74) is 0.517. The van der Waals surface area contributed by atoms with Crippen molar-refractivity contribution in [2.24, 2.45) is 0 Å². The first-order valence-electron chi connectivity index (χ1n) is 7.70. The van der Waals surface area contributed by atoms with Crippen LogP contribution in [0.3, 0.4) is 0 Å². The lowest BCUT2D eigenvalue weighted by atomic mass is 10.1. The largest absolute Gasteiger partial charge is 0.454 e. The summed E-state index contributed by atoms with van der Waals surface area (Å²) in [6, 6.07) is 8.40. The Balaban J connectivity index is 1.72. The Kier molecular flexibility index (Phi) is 4.25. The predicted molar refractivity (Wildman–Crippen MR) is 98.0 cm³/mol. The zero-order valence-electron chi connectivity index (χ0n) is 13.5. The number of anilines is 1. The van der Waals surface area contributed by atoms with Gasteiger partial charge in [0.15, 0.2) is 11.5 Å². The number of fused-ring (bicyclic) bond motifs is 1. The standard InChI is InChI=1S/C18H10Cl2N2O5/c19-12-3-1-9(6-13(12)20)5-11-16(23)21-18(25)22(17(11)24)10-2-4-14-15(7-10)27-8-26-14/h1-7H,8H2,(H,21,23,25)/b11-5+. The molecule has 2 heterocycles. The van der Waals surface area contributed by atoms with E-state index in [1.165, 1.54) is 24.3 Å². The first kappa shape index (κ1) is 17.4. The lowest BCUT2D eigenvalue weighted by molar-refractivity contribution is -0.122. The van der Waals surface area contributed by atoms with Gasteiger partial charge in [0.25, 0.3) is 11.8 Å². The quantitative estimate of drug-likeness (QED) is 0.612. The van der Waals surface area contributed by atoms with Gasteiger partial charge in [-0.15, -0.1) is 0 Å². The summed E-state index contributed by atoms with van der Waals surface area (Å²) in [4.78, 5) is 38.1. The van der Waals surface area contributed by atoms with E-state index in [2.05, 4.69) is 5.32 Å². The summed E-state index contributed by atoms with van der Waals surface area (Å²) in [5.74, 6) is -0.659. The zero-order chi connectivity index (χ0) is 19.1. The van der Waals surface area contributed by atoms with Crippen LogP contribution in [0, 0.1) is 0 Å². The summed E-state index contributed by atoms with van der Waals surface area (Å²) in [7, 11) is 0. The van der Waals surface area contributed by atoms with Crippen LogP contribution in [0.4, 0.5) is 10.5 Å². The number of nitrogens with zero attached hydrogens (tertiary/aromatic N) is 1. The SMILES string of the molecule is O=C1NC(=O)N(c2ccc3c(c2)OCO3)C(=O)/C1=C/c1ccc(Cl)c(Cl)c1. The molecule has 7 nitrogen and oxygen atoms in total. The molecular formula is C18H10Cl2N2O5. The van der Waals surface area contributed by atoms with Gasteiger partial charge in [-0.3, -0.25) is 14.9 Å². The van der Waals surface area contributed by atoms with E-state index in [0.717, 1.165) is 4.90 Å². The third kappa shape index (κ3) is 3.11. The molecular weight excluding hydrogens is 395 g/mol. The average Bonchev–Trinajstić information content (AvgIpc) is 3.09. The lowest BCUT2D eigenvalue weighted by Gasteiger charge is -2.26. The number of amides is 4. The molecule has 0 aromatic heterocycles. The highest BCUT2D eigenvalue weighted by Gasteiger charge is 2.37. The summed E-state index contributed by atoms with van der Waals surface area (Å²) in [6.07, 6.45) is 1.34. The Bertz CT molecular complexity index is 1030. The predicted octanol–water partition coefficient (Wildman–Crippen LogP) is 3.39. The van der Waals surface area contributed by atoms with Gasteiger partial charge in [-0.05, 0) is 35.9 Å². The van der Waals surface area contributed by atoms with Gasteiger partial charge in [0, 0.05) is 6.07 Å². The molecule has 27 heavy (non-hydrogen) atoms. The molecule has 0 aliphatic carbocycles. The molecule has 136 valence electrons. The molecule has 0 radical (unpaired) electrons. The van der Waals surface area contributed by atoms with Crippen molar-refractivity contribution in [2.45, 2.75) is 0 Å². The summed E-state index contributed by atoms with van der Waals surface area (Å²) in [5, 5.41) is 2.77. The Labute approximate surface area is 163 Å². The van der Waals surface area contributed by atoms with Crippen LogP contribution in [0.25, 0.3) is 6.08 Å². The van der Waals surface area contributed by atoms with Crippen molar-refractivity contribution in [1.29, 1.82) is 0 Å². The number of urea groups is 1. The second-order valence-electron chi connectivity index (χ2n) is 5.67. The van der Waals surface area contributed by atoms with Crippen LogP contribution in [-0.4, -0.2) is 24.6 Å². The number of barbiturate groups is 1. The van der Waals surface area contributed by atoms with Crippen LogP contribution >= 0.6 is 23.2 Å². The number of rotatable bonds is 2. The Morgan fingerprint density at radius 2 is 1.74 bits per heavy atom. The van der Waals surface area contributed by atoms with E-state index < -0.39 is 17.8 Å². The maximum atomic E-state index is 12.8. The highest BCUT2D eigenvalue weighted by atomic mass is 35.5. The fraction of sp³-hybridized carbons (Fsp3) is 0.0556. The van der Waals surface area contributed by atoms with Crippen molar-refractivity contribution in [3.63, 3.8) is 0 Å². The fourth-order valence-electron chi connectivity index (χ4n) is 2.69. The average molecular weight is 405 g/mol. The number of carbonyl (C=O) groups excluding carboxylic acids is 3. The van der Waals surface area contributed by atoms with Crippen LogP contribution in [0.2, 0.25) is 10.0 Å². The Morgan fingerprint density at radius 3 is 2.52 bits per heavy atom. The number of halogens is 2. The second kappa shape index (κ2) is 6.61. The molecule has 0 atom stereocenters. The first-order chi connectivity index (χ1) is 12.9. The fourth-order valence-corrected chi connectivity index (χ4v) is 2.99. The lowest BCUT2D eigenvalue weighted by Crippen LogP contribution is -2.54. The van der Waals surface area contributed by atoms with Gasteiger partial charge >= 0.3 is 6.03 Å². The van der Waals surface area contributed by atoms with Crippen molar-refractivity contribution in [2.75, 3.05) is 11.7 Å². The molecule has 0 unspecified atom stereocenters. The molecule has 2 aromatic carbocycles.